The molecule has 1 atom stereocenters. The summed E-state index contributed by atoms with van der Waals surface area (Å²) in [6, 6.07) is 5.51. The molecule has 166 valence electrons. The largest absolute Gasteiger partial charge is 0.493 e. The van der Waals surface area contributed by atoms with Gasteiger partial charge >= 0.3 is 0 Å². The minimum absolute atomic E-state index is 0.258. The van der Waals surface area contributed by atoms with Gasteiger partial charge in [0.1, 0.15) is 4.90 Å². The van der Waals surface area contributed by atoms with E-state index in [1.807, 2.05) is 6.07 Å². The molecular formula is C22H25NO7S. The van der Waals surface area contributed by atoms with Gasteiger partial charge in [-0.3, -0.25) is 9.59 Å². The first-order chi connectivity index (χ1) is 14.6. The second kappa shape index (κ2) is 8.58. The Bertz CT molecular complexity index is 1210. The van der Waals surface area contributed by atoms with Crippen molar-refractivity contribution < 1.29 is 27.4 Å². The first-order valence-corrected chi connectivity index (χ1v) is 11.5. The summed E-state index contributed by atoms with van der Waals surface area (Å²) in [6.45, 7) is 1.40. The number of carbonyl (C=O) groups is 1. The number of carbonyl (C=O) groups excluding carboxylic acids is 1. The lowest BCUT2D eigenvalue weighted by Crippen LogP contribution is -2.26. The quantitative estimate of drug-likeness (QED) is 0.749. The van der Waals surface area contributed by atoms with Gasteiger partial charge in [0, 0.05) is 18.7 Å². The highest BCUT2D eigenvalue weighted by Crippen LogP contribution is 2.50. The summed E-state index contributed by atoms with van der Waals surface area (Å²) in [5.41, 5.74) is 1.98. The predicted octanol–water partition coefficient (Wildman–Crippen LogP) is 2.27. The molecule has 2 aromatic rings. The van der Waals surface area contributed by atoms with Gasteiger partial charge in [-0.1, -0.05) is 6.07 Å². The highest BCUT2D eigenvalue weighted by molar-refractivity contribution is 7.90. The van der Waals surface area contributed by atoms with E-state index in [4.69, 9.17) is 14.2 Å². The number of fused-ring (bicyclic) bond motifs is 3. The van der Waals surface area contributed by atoms with E-state index in [1.165, 1.54) is 40.4 Å². The normalized spacial score (nSPS) is 15.2. The molecule has 0 saturated carbocycles. The lowest BCUT2D eigenvalue weighted by molar-refractivity contribution is -0.119. The van der Waals surface area contributed by atoms with E-state index < -0.39 is 21.3 Å². The van der Waals surface area contributed by atoms with Gasteiger partial charge in [0.15, 0.2) is 26.8 Å². The fraction of sp³-hybridized carbons (Fsp3) is 0.364. The standard InChI is InChI=1S/C22H25NO7S/c1-12(24)23-16-8-6-13-10-18(28-2)21(29-3)22(30-4)20(13)14-7-9-19(31(5,26)27)17(25)11-15(14)16/h7,9-11,16H,6,8H2,1-5H3,(H,23,24)/t16-/m1/s1. The van der Waals surface area contributed by atoms with Crippen molar-refractivity contribution in [3.63, 3.8) is 0 Å². The zero-order valence-corrected chi connectivity index (χ0v) is 18.9. The number of sulfone groups is 1. The van der Waals surface area contributed by atoms with Gasteiger partial charge in [0.25, 0.3) is 0 Å². The number of hydrogen-bond donors (Lipinski definition) is 1. The van der Waals surface area contributed by atoms with Gasteiger partial charge in [-0.15, -0.1) is 0 Å². The fourth-order valence-corrected chi connectivity index (χ4v) is 4.74. The summed E-state index contributed by atoms with van der Waals surface area (Å²) in [5, 5.41) is 2.88. The maximum absolute atomic E-state index is 12.8. The van der Waals surface area contributed by atoms with E-state index in [0.717, 1.165) is 11.8 Å². The number of hydrogen-bond acceptors (Lipinski definition) is 7. The van der Waals surface area contributed by atoms with E-state index in [9.17, 15) is 18.0 Å². The van der Waals surface area contributed by atoms with E-state index >= 15 is 0 Å². The Hall–Kier alpha value is -3.07. The summed E-state index contributed by atoms with van der Waals surface area (Å²) >= 11 is 0. The lowest BCUT2D eigenvalue weighted by Gasteiger charge is -2.19. The predicted molar refractivity (Wildman–Crippen MR) is 116 cm³/mol. The van der Waals surface area contributed by atoms with Crippen LogP contribution in [0, 0.1) is 0 Å². The third-order valence-corrected chi connectivity index (χ3v) is 6.41. The Morgan fingerprint density at radius 1 is 1.06 bits per heavy atom. The molecular weight excluding hydrogens is 422 g/mol. The van der Waals surface area contributed by atoms with Crippen LogP contribution >= 0.6 is 0 Å². The van der Waals surface area contributed by atoms with Crippen LogP contribution in [0.25, 0.3) is 11.1 Å². The van der Waals surface area contributed by atoms with Crippen molar-refractivity contribution in [3.05, 3.63) is 45.6 Å². The number of methoxy groups -OCH3 is 3. The Balaban J connectivity index is 2.47. The second-order valence-corrected chi connectivity index (χ2v) is 9.30. The van der Waals surface area contributed by atoms with Crippen LogP contribution in [0.4, 0.5) is 0 Å². The van der Waals surface area contributed by atoms with Crippen molar-refractivity contribution in [2.24, 2.45) is 0 Å². The van der Waals surface area contributed by atoms with Crippen molar-refractivity contribution in [2.45, 2.75) is 30.7 Å². The molecule has 9 heteroatoms. The first kappa shape index (κ1) is 22.6. The van der Waals surface area contributed by atoms with E-state index in [1.54, 1.807) is 6.07 Å². The van der Waals surface area contributed by atoms with Crippen molar-refractivity contribution in [1.29, 1.82) is 0 Å². The smallest absolute Gasteiger partial charge is 0.217 e. The highest BCUT2D eigenvalue weighted by Gasteiger charge is 2.29. The molecule has 3 rings (SSSR count). The molecule has 1 amide bonds. The van der Waals surface area contributed by atoms with Crippen LogP contribution in [0.5, 0.6) is 17.2 Å². The van der Waals surface area contributed by atoms with Gasteiger partial charge < -0.3 is 19.5 Å². The summed E-state index contributed by atoms with van der Waals surface area (Å²) in [4.78, 5) is 24.4. The molecule has 0 saturated heterocycles. The number of ether oxygens (including phenoxy) is 3. The number of rotatable bonds is 5. The van der Waals surface area contributed by atoms with Crippen LogP contribution in [-0.4, -0.2) is 41.9 Å². The summed E-state index contributed by atoms with van der Waals surface area (Å²) in [6.07, 6.45) is 2.04. The zero-order chi connectivity index (χ0) is 22.9. The molecule has 1 aliphatic carbocycles. The molecule has 0 aromatic heterocycles. The lowest BCUT2D eigenvalue weighted by atomic mass is 9.95. The van der Waals surface area contributed by atoms with Crippen molar-refractivity contribution >= 4 is 15.7 Å². The molecule has 2 aromatic carbocycles. The van der Waals surface area contributed by atoms with Crippen molar-refractivity contribution in [2.75, 3.05) is 27.6 Å². The molecule has 0 fully saturated rings. The maximum Gasteiger partial charge on any atom is 0.217 e. The van der Waals surface area contributed by atoms with Crippen molar-refractivity contribution in [3.8, 4) is 28.4 Å². The second-order valence-electron chi connectivity index (χ2n) is 7.32. The van der Waals surface area contributed by atoms with Crippen LogP contribution in [0.2, 0.25) is 0 Å². The molecule has 1 N–H and O–H groups in total. The molecule has 0 heterocycles. The minimum atomic E-state index is -3.75. The molecule has 0 unspecified atom stereocenters. The molecule has 0 spiro atoms. The molecule has 0 radical (unpaired) electrons. The summed E-state index contributed by atoms with van der Waals surface area (Å²) < 4.78 is 41.0. The van der Waals surface area contributed by atoms with E-state index in [-0.39, 0.29) is 10.8 Å². The van der Waals surface area contributed by atoms with Crippen molar-refractivity contribution in [1.82, 2.24) is 5.32 Å². The SMILES string of the molecule is COc1cc2c(c(OC)c1OC)-c1ccc(S(C)(=O)=O)c(=O)cc1[C@H](NC(C)=O)CC2. The number of amides is 1. The molecule has 1 aliphatic rings. The Labute approximate surface area is 181 Å². The molecule has 31 heavy (non-hydrogen) atoms. The van der Waals surface area contributed by atoms with E-state index in [2.05, 4.69) is 5.32 Å². The molecule has 0 aliphatic heterocycles. The van der Waals surface area contributed by atoms with Gasteiger partial charge in [-0.2, -0.15) is 0 Å². The van der Waals surface area contributed by atoms with Gasteiger partial charge in [-0.25, -0.2) is 8.42 Å². The average Bonchev–Trinajstić information content (AvgIpc) is 2.95. The average molecular weight is 448 g/mol. The highest BCUT2D eigenvalue weighted by atomic mass is 32.2. The van der Waals surface area contributed by atoms with Crippen LogP contribution in [-0.2, 0) is 21.1 Å². The van der Waals surface area contributed by atoms with Crippen LogP contribution < -0.4 is 25.0 Å². The fourth-order valence-electron chi connectivity index (χ4n) is 4.00. The van der Waals surface area contributed by atoms with E-state index in [0.29, 0.717) is 46.8 Å². The van der Waals surface area contributed by atoms with Gasteiger partial charge in [0.2, 0.25) is 11.7 Å². The number of aryl methyl sites for hydroxylation is 1. The Morgan fingerprint density at radius 3 is 2.29 bits per heavy atom. The van der Waals surface area contributed by atoms with Gasteiger partial charge in [0.05, 0.1) is 27.4 Å². The topological polar surface area (TPSA) is 108 Å². The molecule has 0 bridgehead atoms. The third kappa shape index (κ3) is 4.23. The molecule has 8 nitrogen and oxygen atoms in total. The Kier molecular flexibility index (Phi) is 6.26. The minimum Gasteiger partial charge on any atom is -0.493 e. The van der Waals surface area contributed by atoms with Crippen LogP contribution in [0.3, 0.4) is 0 Å². The van der Waals surface area contributed by atoms with Gasteiger partial charge in [-0.05, 0) is 47.7 Å². The maximum atomic E-state index is 12.8. The third-order valence-electron chi connectivity index (χ3n) is 5.28. The summed E-state index contributed by atoms with van der Waals surface area (Å²) in [5.74, 6) is 1.01. The summed E-state index contributed by atoms with van der Waals surface area (Å²) in [7, 11) is 0.766. The monoisotopic (exact) mass is 447 g/mol. The zero-order valence-electron chi connectivity index (χ0n) is 18.1. The number of benzene rings is 1. The van der Waals surface area contributed by atoms with Crippen LogP contribution in [0.1, 0.15) is 30.5 Å². The number of nitrogens with one attached hydrogen (secondary N) is 1. The Morgan fingerprint density at radius 2 is 1.74 bits per heavy atom. The van der Waals surface area contributed by atoms with Crippen LogP contribution in [0.15, 0.2) is 34.0 Å². The first-order valence-electron chi connectivity index (χ1n) is 9.60.